The number of fused-ring (bicyclic) bond motifs is 1. The molecule has 1 aliphatic rings. The van der Waals surface area contributed by atoms with Crippen LogP contribution in [0.15, 0.2) is 42.5 Å². The number of piperidine rings is 1. The van der Waals surface area contributed by atoms with E-state index in [2.05, 4.69) is 56.3 Å². The van der Waals surface area contributed by atoms with E-state index < -0.39 is 0 Å². The van der Waals surface area contributed by atoms with E-state index in [9.17, 15) is 0 Å². The molecule has 0 bridgehead atoms. The van der Waals surface area contributed by atoms with E-state index >= 15 is 0 Å². The predicted molar refractivity (Wildman–Crippen MR) is 97.2 cm³/mol. The van der Waals surface area contributed by atoms with Crippen LogP contribution in [0, 0.1) is 11.8 Å². The first-order valence-electron chi connectivity index (χ1n) is 9.16. The Balaban J connectivity index is 1.43. The highest BCUT2D eigenvalue weighted by Crippen LogP contribution is 2.25. The van der Waals surface area contributed by atoms with Crippen LogP contribution in [-0.4, -0.2) is 26.2 Å². The Morgan fingerprint density at radius 1 is 0.957 bits per heavy atom. The molecule has 2 aromatic rings. The van der Waals surface area contributed by atoms with Crippen molar-refractivity contribution in [1.82, 2.24) is 0 Å². The molecule has 3 rings (SSSR count). The summed E-state index contributed by atoms with van der Waals surface area (Å²) < 4.78 is 6.04. The molecule has 3 atom stereocenters. The molecule has 2 nitrogen and oxygen atoms in total. The van der Waals surface area contributed by atoms with E-state index in [1.54, 1.807) is 4.90 Å². The number of nitrogens with one attached hydrogen (secondary N) is 1. The number of rotatable bonds is 6. The smallest absolute Gasteiger partial charge is 0.127 e. The third-order valence-electron chi connectivity index (χ3n) is 5.01. The maximum atomic E-state index is 6.04. The van der Waals surface area contributed by atoms with Crippen LogP contribution in [0.1, 0.15) is 33.1 Å². The van der Waals surface area contributed by atoms with Gasteiger partial charge in [0.2, 0.25) is 0 Å². The van der Waals surface area contributed by atoms with Crippen molar-refractivity contribution >= 4 is 10.8 Å². The third-order valence-corrected chi connectivity index (χ3v) is 5.01. The molecule has 1 saturated heterocycles. The molecule has 1 fully saturated rings. The van der Waals surface area contributed by atoms with Crippen LogP contribution in [0.3, 0.4) is 0 Å². The molecule has 1 aliphatic heterocycles. The summed E-state index contributed by atoms with van der Waals surface area (Å²) in [5.74, 6) is 2.80. The summed E-state index contributed by atoms with van der Waals surface area (Å²) in [5.41, 5.74) is 0. The van der Waals surface area contributed by atoms with Crippen molar-refractivity contribution in [2.45, 2.75) is 33.1 Å². The van der Waals surface area contributed by atoms with Gasteiger partial charge in [0.15, 0.2) is 0 Å². The van der Waals surface area contributed by atoms with Crippen LogP contribution in [0.25, 0.3) is 10.8 Å². The Hall–Kier alpha value is -1.54. The normalized spacial score (nSPS) is 24.7. The minimum absolute atomic E-state index is 0.826. The second kappa shape index (κ2) is 7.83. The summed E-state index contributed by atoms with van der Waals surface area (Å²) in [5, 5.41) is 2.48. The topological polar surface area (TPSA) is 13.7 Å². The van der Waals surface area contributed by atoms with E-state index in [0.717, 1.165) is 30.6 Å². The third kappa shape index (κ3) is 4.48. The molecule has 0 saturated carbocycles. The summed E-state index contributed by atoms with van der Waals surface area (Å²) in [6, 6.07) is 14.8. The molecule has 0 spiro atoms. The monoisotopic (exact) mass is 312 g/mol. The molecule has 1 N–H and O–H groups in total. The van der Waals surface area contributed by atoms with Crippen molar-refractivity contribution in [3.63, 3.8) is 0 Å². The molecule has 0 amide bonds. The Kier molecular flexibility index (Phi) is 5.56. The maximum absolute atomic E-state index is 6.04. The number of unbranched alkanes of at least 4 members (excludes halogenated alkanes) is 1. The molecule has 1 heterocycles. The van der Waals surface area contributed by atoms with E-state index in [1.807, 2.05) is 0 Å². The lowest BCUT2D eigenvalue weighted by Crippen LogP contribution is -3.14. The highest BCUT2D eigenvalue weighted by molar-refractivity contribution is 5.88. The molecule has 1 unspecified atom stereocenters. The largest absolute Gasteiger partial charge is 0.493 e. The fraction of sp³-hybridized carbons (Fsp3) is 0.524. The Morgan fingerprint density at radius 2 is 1.70 bits per heavy atom. The maximum Gasteiger partial charge on any atom is 0.127 e. The first-order valence-corrected chi connectivity index (χ1v) is 9.16. The van der Waals surface area contributed by atoms with Crippen molar-refractivity contribution in [2.24, 2.45) is 11.8 Å². The fourth-order valence-corrected chi connectivity index (χ4v) is 4.11. The first-order chi connectivity index (χ1) is 11.2. The summed E-state index contributed by atoms with van der Waals surface area (Å²) in [6.45, 7) is 9.64. The van der Waals surface area contributed by atoms with Crippen molar-refractivity contribution in [3.05, 3.63) is 42.5 Å². The molecular weight excluding hydrogens is 282 g/mol. The lowest BCUT2D eigenvalue weighted by molar-refractivity contribution is -0.912. The standard InChI is InChI=1S/C21H29NO/c1-17-14-18(2)16-22(15-17)12-5-6-13-23-21-11-7-9-19-8-3-4-10-20(19)21/h3-4,7-11,17-18H,5-6,12-16H2,1-2H3/p+1/t17-,18+. The zero-order valence-electron chi connectivity index (χ0n) is 14.6. The van der Waals surface area contributed by atoms with Crippen LogP contribution in [0.5, 0.6) is 5.75 Å². The number of hydrogen-bond donors (Lipinski definition) is 1. The highest BCUT2D eigenvalue weighted by Gasteiger charge is 2.24. The molecule has 2 aromatic carbocycles. The van der Waals surface area contributed by atoms with Crippen LogP contribution in [0.4, 0.5) is 0 Å². The predicted octanol–water partition coefficient (Wildman–Crippen LogP) is 3.56. The van der Waals surface area contributed by atoms with Crippen molar-refractivity contribution in [2.75, 3.05) is 26.2 Å². The van der Waals surface area contributed by atoms with Crippen molar-refractivity contribution in [1.29, 1.82) is 0 Å². The SMILES string of the molecule is C[C@@H]1C[C@H](C)C[NH+](CCCCOc2cccc3ccccc23)C1. The number of likely N-dealkylation sites (tertiary alicyclic amines) is 1. The van der Waals surface area contributed by atoms with Gasteiger partial charge in [0.1, 0.15) is 5.75 Å². The highest BCUT2D eigenvalue weighted by atomic mass is 16.5. The average Bonchev–Trinajstić information content (AvgIpc) is 2.54. The van der Waals surface area contributed by atoms with Crippen molar-refractivity contribution < 1.29 is 9.64 Å². The van der Waals surface area contributed by atoms with Gasteiger partial charge >= 0.3 is 0 Å². The zero-order valence-corrected chi connectivity index (χ0v) is 14.6. The Labute approximate surface area is 140 Å². The van der Waals surface area contributed by atoms with Crippen LogP contribution in [-0.2, 0) is 0 Å². The van der Waals surface area contributed by atoms with Crippen molar-refractivity contribution in [3.8, 4) is 5.75 Å². The minimum Gasteiger partial charge on any atom is -0.493 e. The molecule has 0 radical (unpaired) electrons. The molecule has 2 heteroatoms. The Morgan fingerprint density at radius 3 is 2.52 bits per heavy atom. The van der Waals surface area contributed by atoms with Crippen LogP contribution >= 0.6 is 0 Å². The minimum atomic E-state index is 0.826. The van der Waals surface area contributed by atoms with Gasteiger partial charge < -0.3 is 9.64 Å². The van der Waals surface area contributed by atoms with E-state index in [4.69, 9.17) is 4.74 Å². The lowest BCUT2D eigenvalue weighted by Gasteiger charge is -2.32. The van der Waals surface area contributed by atoms with E-state index in [-0.39, 0.29) is 0 Å². The van der Waals surface area contributed by atoms with Gasteiger partial charge in [-0.2, -0.15) is 0 Å². The van der Waals surface area contributed by atoms with Crippen LogP contribution < -0.4 is 9.64 Å². The zero-order chi connectivity index (χ0) is 16.1. The second-order valence-corrected chi connectivity index (χ2v) is 7.39. The molecule has 0 aromatic heterocycles. The summed E-state index contributed by atoms with van der Waals surface area (Å²) in [4.78, 5) is 1.79. The number of benzene rings is 2. The fourth-order valence-electron chi connectivity index (χ4n) is 4.11. The lowest BCUT2D eigenvalue weighted by atomic mass is 9.92. The molecule has 23 heavy (non-hydrogen) atoms. The van der Waals surface area contributed by atoms with Gasteiger partial charge in [-0.1, -0.05) is 50.2 Å². The van der Waals surface area contributed by atoms with Gasteiger partial charge in [0, 0.05) is 17.2 Å². The van der Waals surface area contributed by atoms with Gasteiger partial charge in [-0.25, -0.2) is 0 Å². The second-order valence-electron chi connectivity index (χ2n) is 7.39. The van der Waals surface area contributed by atoms with Gasteiger partial charge in [0.05, 0.1) is 26.2 Å². The van der Waals surface area contributed by atoms with Crippen LogP contribution in [0.2, 0.25) is 0 Å². The quantitative estimate of drug-likeness (QED) is 0.805. The van der Waals surface area contributed by atoms with Gasteiger partial charge in [0.25, 0.3) is 0 Å². The summed E-state index contributed by atoms with van der Waals surface area (Å²) in [6.07, 6.45) is 3.82. The number of hydrogen-bond acceptors (Lipinski definition) is 1. The molecule has 124 valence electrons. The average molecular weight is 312 g/mol. The van der Waals surface area contributed by atoms with Gasteiger partial charge in [-0.05, 0) is 30.7 Å². The summed E-state index contributed by atoms with van der Waals surface area (Å²) in [7, 11) is 0. The van der Waals surface area contributed by atoms with Gasteiger partial charge in [-0.15, -0.1) is 0 Å². The molecule has 0 aliphatic carbocycles. The molecular formula is C21H30NO+. The first kappa shape index (κ1) is 16.3. The van der Waals surface area contributed by atoms with Gasteiger partial charge in [-0.3, -0.25) is 0 Å². The summed E-state index contributed by atoms with van der Waals surface area (Å²) >= 11 is 0. The Bertz CT molecular complexity index is 609. The number of quaternary nitrogens is 1. The van der Waals surface area contributed by atoms with E-state index in [0.29, 0.717) is 0 Å². The number of ether oxygens (including phenoxy) is 1. The van der Waals surface area contributed by atoms with E-state index in [1.165, 1.54) is 43.2 Å².